The molecule has 0 unspecified atom stereocenters. The first kappa shape index (κ1) is 21.0. The number of aromatic nitrogens is 1. The number of rotatable bonds is 3. The van der Waals surface area contributed by atoms with Gasteiger partial charge in [0.05, 0.1) is 11.0 Å². The molecule has 0 fully saturated rings. The molecule has 7 rings (SSSR count). The van der Waals surface area contributed by atoms with Crippen LogP contribution in [0.4, 0.5) is 0 Å². The molecule has 0 spiro atoms. The highest BCUT2D eigenvalue weighted by Gasteiger charge is 2.15. The lowest BCUT2D eigenvalue weighted by Gasteiger charge is -2.15. The standard InChI is InChI=1S/C34H22ClN/c35-25-19-20-28(32(22-25)29-16-8-10-23-9-1-2-13-27(23)29)24-11-7-12-26(21-24)36-33-17-5-3-14-30(33)31-15-4-6-18-34(31)36/h1-22H. The molecule has 1 nitrogen and oxygen atoms in total. The van der Waals surface area contributed by atoms with Crippen molar-refractivity contribution in [1.29, 1.82) is 0 Å². The molecule has 0 aliphatic carbocycles. The van der Waals surface area contributed by atoms with Gasteiger partial charge in [0, 0.05) is 21.5 Å². The van der Waals surface area contributed by atoms with E-state index in [0.29, 0.717) is 0 Å². The Balaban J connectivity index is 1.47. The molecule has 0 aliphatic rings. The van der Waals surface area contributed by atoms with E-state index in [9.17, 15) is 0 Å². The van der Waals surface area contributed by atoms with Gasteiger partial charge in [-0.15, -0.1) is 0 Å². The molecule has 0 radical (unpaired) electrons. The Morgan fingerprint density at radius 3 is 1.86 bits per heavy atom. The fourth-order valence-electron chi connectivity index (χ4n) is 5.46. The zero-order chi connectivity index (χ0) is 24.1. The quantitative estimate of drug-likeness (QED) is 0.237. The SMILES string of the molecule is Clc1ccc(-c2cccc(-n3c4ccccc4c4ccccc43)c2)c(-c2cccc3ccccc23)c1. The minimum Gasteiger partial charge on any atom is -0.309 e. The van der Waals surface area contributed by atoms with Gasteiger partial charge in [0.1, 0.15) is 0 Å². The lowest BCUT2D eigenvalue weighted by Crippen LogP contribution is -1.95. The van der Waals surface area contributed by atoms with Gasteiger partial charge in [0.25, 0.3) is 0 Å². The number of hydrogen-bond donors (Lipinski definition) is 0. The van der Waals surface area contributed by atoms with E-state index in [0.717, 1.165) is 21.8 Å². The molecule has 170 valence electrons. The van der Waals surface area contributed by atoms with Crippen LogP contribution in [0.5, 0.6) is 0 Å². The smallest absolute Gasteiger partial charge is 0.0541 e. The minimum absolute atomic E-state index is 0.736. The second-order valence-corrected chi connectivity index (χ2v) is 9.57. The Labute approximate surface area is 214 Å². The Bertz CT molecular complexity index is 1850. The maximum atomic E-state index is 6.54. The normalized spacial score (nSPS) is 11.5. The number of nitrogens with zero attached hydrogens (tertiary/aromatic N) is 1. The van der Waals surface area contributed by atoms with Crippen molar-refractivity contribution in [1.82, 2.24) is 4.57 Å². The summed E-state index contributed by atoms with van der Waals surface area (Å²) in [6, 6.07) is 47.3. The molecule has 7 aromatic rings. The highest BCUT2D eigenvalue weighted by Crippen LogP contribution is 2.39. The van der Waals surface area contributed by atoms with E-state index in [-0.39, 0.29) is 0 Å². The van der Waals surface area contributed by atoms with Gasteiger partial charge in [-0.2, -0.15) is 0 Å². The van der Waals surface area contributed by atoms with E-state index in [4.69, 9.17) is 11.6 Å². The minimum atomic E-state index is 0.736. The van der Waals surface area contributed by atoms with Crippen molar-refractivity contribution in [3.63, 3.8) is 0 Å². The number of hydrogen-bond acceptors (Lipinski definition) is 0. The van der Waals surface area contributed by atoms with Crippen molar-refractivity contribution >= 4 is 44.2 Å². The summed E-state index contributed by atoms with van der Waals surface area (Å²) in [5, 5.41) is 5.71. The van der Waals surface area contributed by atoms with Crippen molar-refractivity contribution in [2.75, 3.05) is 0 Å². The third-order valence-corrected chi connectivity index (χ3v) is 7.29. The second kappa shape index (κ2) is 8.41. The van der Waals surface area contributed by atoms with Gasteiger partial charge in [0.2, 0.25) is 0 Å². The maximum absolute atomic E-state index is 6.54. The van der Waals surface area contributed by atoms with Crippen molar-refractivity contribution in [2.24, 2.45) is 0 Å². The molecule has 1 heterocycles. The second-order valence-electron chi connectivity index (χ2n) is 9.14. The molecule has 0 atom stereocenters. The molecule has 2 heteroatoms. The molecule has 0 bridgehead atoms. The zero-order valence-corrected chi connectivity index (χ0v) is 20.3. The maximum Gasteiger partial charge on any atom is 0.0541 e. The number of benzene rings is 6. The largest absolute Gasteiger partial charge is 0.309 e. The molecule has 0 saturated heterocycles. The van der Waals surface area contributed by atoms with E-state index >= 15 is 0 Å². The molecule has 0 saturated carbocycles. The Kier molecular flexibility index (Phi) is 4.90. The predicted octanol–water partition coefficient (Wildman–Crippen LogP) is 9.92. The summed E-state index contributed by atoms with van der Waals surface area (Å²) in [6.07, 6.45) is 0. The van der Waals surface area contributed by atoms with Crippen LogP contribution in [-0.4, -0.2) is 4.57 Å². The molecular formula is C34H22ClN. The molecule has 1 aromatic heterocycles. The van der Waals surface area contributed by atoms with E-state index in [1.54, 1.807) is 0 Å². The summed E-state index contributed by atoms with van der Waals surface area (Å²) in [7, 11) is 0. The van der Waals surface area contributed by atoms with Crippen LogP contribution in [0, 0.1) is 0 Å². The third kappa shape index (κ3) is 3.32. The summed E-state index contributed by atoms with van der Waals surface area (Å²) in [5.74, 6) is 0. The van der Waals surface area contributed by atoms with E-state index < -0.39 is 0 Å². The Morgan fingerprint density at radius 2 is 1.08 bits per heavy atom. The van der Waals surface area contributed by atoms with E-state index in [1.165, 1.54) is 43.7 Å². The molecule has 0 amide bonds. The van der Waals surface area contributed by atoms with Crippen molar-refractivity contribution in [3.8, 4) is 27.9 Å². The highest BCUT2D eigenvalue weighted by atomic mass is 35.5. The molecule has 6 aromatic carbocycles. The topological polar surface area (TPSA) is 4.93 Å². The van der Waals surface area contributed by atoms with Crippen LogP contribution < -0.4 is 0 Å². The van der Waals surface area contributed by atoms with Gasteiger partial charge in [-0.25, -0.2) is 0 Å². The average molecular weight is 480 g/mol. The Hall–Kier alpha value is -4.33. The van der Waals surface area contributed by atoms with Crippen molar-refractivity contribution < 1.29 is 0 Å². The van der Waals surface area contributed by atoms with Crippen LogP contribution in [-0.2, 0) is 0 Å². The Morgan fingerprint density at radius 1 is 0.444 bits per heavy atom. The van der Waals surface area contributed by atoms with Gasteiger partial charge in [-0.3, -0.25) is 0 Å². The van der Waals surface area contributed by atoms with Gasteiger partial charge in [-0.1, -0.05) is 109 Å². The molecule has 36 heavy (non-hydrogen) atoms. The number of para-hydroxylation sites is 2. The first-order valence-corrected chi connectivity index (χ1v) is 12.5. The average Bonchev–Trinajstić information content (AvgIpc) is 3.27. The van der Waals surface area contributed by atoms with Crippen LogP contribution in [0.25, 0.3) is 60.5 Å². The van der Waals surface area contributed by atoms with Gasteiger partial charge >= 0.3 is 0 Å². The van der Waals surface area contributed by atoms with Crippen LogP contribution in [0.2, 0.25) is 5.02 Å². The number of fused-ring (bicyclic) bond motifs is 4. The van der Waals surface area contributed by atoms with E-state index in [1.807, 2.05) is 6.07 Å². The predicted molar refractivity (Wildman–Crippen MR) is 154 cm³/mol. The summed E-state index contributed by atoms with van der Waals surface area (Å²) in [5.41, 5.74) is 8.21. The highest BCUT2D eigenvalue weighted by molar-refractivity contribution is 6.31. The summed E-state index contributed by atoms with van der Waals surface area (Å²) < 4.78 is 2.36. The zero-order valence-electron chi connectivity index (χ0n) is 19.5. The molecule has 0 N–H and O–H groups in total. The van der Waals surface area contributed by atoms with Gasteiger partial charge in [0.15, 0.2) is 0 Å². The summed E-state index contributed by atoms with van der Waals surface area (Å²) in [6.45, 7) is 0. The van der Waals surface area contributed by atoms with Crippen molar-refractivity contribution in [2.45, 2.75) is 0 Å². The lowest BCUT2D eigenvalue weighted by molar-refractivity contribution is 1.18. The van der Waals surface area contributed by atoms with Gasteiger partial charge in [-0.05, 0) is 69.4 Å². The van der Waals surface area contributed by atoms with Crippen LogP contribution in [0.3, 0.4) is 0 Å². The third-order valence-electron chi connectivity index (χ3n) is 7.06. The lowest BCUT2D eigenvalue weighted by atomic mass is 9.91. The first-order valence-electron chi connectivity index (χ1n) is 12.1. The van der Waals surface area contributed by atoms with Crippen LogP contribution in [0.1, 0.15) is 0 Å². The first-order chi connectivity index (χ1) is 17.8. The monoisotopic (exact) mass is 479 g/mol. The molecular weight excluding hydrogens is 458 g/mol. The summed E-state index contributed by atoms with van der Waals surface area (Å²) in [4.78, 5) is 0. The fraction of sp³-hybridized carbons (Fsp3) is 0. The van der Waals surface area contributed by atoms with Gasteiger partial charge < -0.3 is 4.57 Å². The summed E-state index contributed by atoms with van der Waals surface area (Å²) >= 11 is 6.54. The van der Waals surface area contributed by atoms with Crippen molar-refractivity contribution in [3.05, 3.63) is 138 Å². The molecule has 0 aliphatic heterocycles. The number of halogens is 1. The fourth-order valence-corrected chi connectivity index (χ4v) is 5.64. The van der Waals surface area contributed by atoms with Crippen LogP contribution in [0.15, 0.2) is 133 Å². The van der Waals surface area contributed by atoms with E-state index in [2.05, 4.69) is 132 Å². The van der Waals surface area contributed by atoms with Crippen LogP contribution >= 0.6 is 11.6 Å².